The SMILES string of the molecule is C=C(C(=O)OC(C)(C)C)[C@@H](NC(=O)OC(C)(C)C)c1ccccc1. The molecule has 0 aromatic heterocycles. The molecule has 0 saturated heterocycles. The van der Waals surface area contributed by atoms with Crippen molar-refractivity contribution in [1.29, 1.82) is 0 Å². The lowest BCUT2D eigenvalue weighted by molar-refractivity contribution is -0.150. The van der Waals surface area contributed by atoms with Gasteiger partial charge in [0.15, 0.2) is 0 Å². The van der Waals surface area contributed by atoms with E-state index >= 15 is 0 Å². The third kappa shape index (κ3) is 6.86. The average Bonchev–Trinajstić information content (AvgIpc) is 2.41. The number of hydrogen-bond acceptors (Lipinski definition) is 4. The summed E-state index contributed by atoms with van der Waals surface area (Å²) in [5.41, 5.74) is -0.424. The Morgan fingerprint density at radius 2 is 1.46 bits per heavy atom. The number of carbonyl (C=O) groups excluding carboxylic acids is 2. The van der Waals surface area contributed by atoms with Crippen LogP contribution >= 0.6 is 0 Å². The highest BCUT2D eigenvalue weighted by Crippen LogP contribution is 2.24. The van der Waals surface area contributed by atoms with Crippen LogP contribution in [0.25, 0.3) is 0 Å². The van der Waals surface area contributed by atoms with Crippen molar-refractivity contribution >= 4 is 12.1 Å². The molecule has 1 aromatic carbocycles. The number of esters is 1. The summed E-state index contributed by atoms with van der Waals surface area (Å²) in [4.78, 5) is 24.5. The highest BCUT2D eigenvalue weighted by atomic mass is 16.6. The summed E-state index contributed by atoms with van der Waals surface area (Å²) in [6.07, 6.45) is -0.624. The van der Waals surface area contributed by atoms with E-state index in [2.05, 4.69) is 11.9 Å². The molecule has 5 nitrogen and oxygen atoms in total. The third-order valence-corrected chi connectivity index (χ3v) is 2.80. The van der Waals surface area contributed by atoms with Crippen molar-refractivity contribution in [2.75, 3.05) is 0 Å². The van der Waals surface area contributed by atoms with Gasteiger partial charge in [-0.1, -0.05) is 36.9 Å². The maximum atomic E-state index is 12.3. The minimum atomic E-state index is -0.726. The van der Waals surface area contributed by atoms with Gasteiger partial charge in [-0.2, -0.15) is 0 Å². The molecule has 1 N–H and O–H groups in total. The number of alkyl carbamates (subject to hydrolysis) is 1. The first-order valence-corrected chi connectivity index (χ1v) is 7.86. The fraction of sp³-hybridized carbons (Fsp3) is 0.474. The number of ether oxygens (including phenoxy) is 2. The molecule has 1 rings (SSSR count). The van der Waals surface area contributed by atoms with E-state index in [4.69, 9.17) is 9.47 Å². The topological polar surface area (TPSA) is 64.6 Å². The summed E-state index contributed by atoms with van der Waals surface area (Å²) in [6, 6.07) is 8.37. The van der Waals surface area contributed by atoms with Crippen molar-refractivity contribution in [2.45, 2.75) is 58.8 Å². The van der Waals surface area contributed by atoms with E-state index in [0.29, 0.717) is 0 Å². The minimum absolute atomic E-state index is 0.141. The summed E-state index contributed by atoms with van der Waals surface area (Å²) < 4.78 is 10.6. The minimum Gasteiger partial charge on any atom is -0.457 e. The molecule has 0 heterocycles. The third-order valence-electron chi connectivity index (χ3n) is 2.80. The summed E-state index contributed by atoms with van der Waals surface area (Å²) in [5, 5.41) is 2.69. The Morgan fingerprint density at radius 3 is 1.92 bits per heavy atom. The summed E-state index contributed by atoms with van der Waals surface area (Å²) in [6.45, 7) is 14.5. The number of benzene rings is 1. The Labute approximate surface area is 144 Å². The van der Waals surface area contributed by atoms with E-state index in [9.17, 15) is 9.59 Å². The zero-order valence-electron chi connectivity index (χ0n) is 15.3. The predicted molar refractivity (Wildman–Crippen MR) is 93.5 cm³/mol. The molecule has 132 valence electrons. The van der Waals surface area contributed by atoms with E-state index in [-0.39, 0.29) is 5.57 Å². The largest absolute Gasteiger partial charge is 0.457 e. The van der Waals surface area contributed by atoms with E-state index < -0.39 is 29.3 Å². The Hall–Kier alpha value is -2.30. The second-order valence-electron chi connectivity index (χ2n) is 7.52. The molecule has 24 heavy (non-hydrogen) atoms. The van der Waals surface area contributed by atoms with Crippen molar-refractivity contribution in [3.63, 3.8) is 0 Å². The molecule has 0 spiro atoms. The molecular formula is C19H27NO4. The lowest BCUT2D eigenvalue weighted by Crippen LogP contribution is -2.37. The van der Waals surface area contributed by atoms with Gasteiger partial charge in [0.1, 0.15) is 11.2 Å². The standard InChI is InChI=1S/C19H27NO4/c1-13(16(21)23-18(2,3)4)15(14-11-9-8-10-12-14)20-17(22)24-19(5,6)7/h8-12,15H,1H2,2-7H3,(H,20,22)/t15-/m1/s1. The Morgan fingerprint density at radius 1 is 0.958 bits per heavy atom. The summed E-state index contributed by atoms with van der Waals surface area (Å²) in [7, 11) is 0. The van der Waals surface area contributed by atoms with Gasteiger partial charge in [0.05, 0.1) is 11.6 Å². The molecule has 0 aliphatic heterocycles. The molecule has 1 aromatic rings. The molecule has 0 aliphatic carbocycles. The first-order chi connectivity index (χ1) is 10.9. The smallest absolute Gasteiger partial charge is 0.408 e. The van der Waals surface area contributed by atoms with Gasteiger partial charge in [0.2, 0.25) is 0 Å². The van der Waals surface area contributed by atoms with Crippen molar-refractivity contribution < 1.29 is 19.1 Å². The van der Waals surface area contributed by atoms with Crippen LogP contribution in [0.15, 0.2) is 42.5 Å². The highest BCUT2D eigenvalue weighted by Gasteiger charge is 2.28. The zero-order valence-corrected chi connectivity index (χ0v) is 15.3. The number of carbonyl (C=O) groups is 2. The summed E-state index contributed by atoms with van der Waals surface area (Å²) in [5.74, 6) is -0.563. The van der Waals surface area contributed by atoms with Crippen LogP contribution in [-0.2, 0) is 14.3 Å². The average molecular weight is 333 g/mol. The van der Waals surface area contributed by atoms with Gasteiger partial charge in [-0.05, 0) is 47.1 Å². The van der Waals surface area contributed by atoms with E-state index in [0.717, 1.165) is 5.56 Å². The molecule has 0 bridgehead atoms. The van der Waals surface area contributed by atoms with Crippen LogP contribution in [0.3, 0.4) is 0 Å². The molecule has 1 atom stereocenters. The molecule has 0 saturated carbocycles. The van der Waals surface area contributed by atoms with Gasteiger partial charge in [-0.25, -0.2) is 9.59 Å². The molecular weight excluding hydrogens is 306 g/mol. The fourth-order valence-corrected chi connectivity index (χ4v) is 1.90. The van der Waals surface area contributed by atoms with Crippen LogP contribution < -0.4 is 5.32 Å². The van der Waals surface area contributed by atoms with E-state index in [1.165, 1.54) is 0 Å². The van der Waals surface area contributed by atoms with Gasteiger partial charge in [-0.3, -0.25) is 0 Å². The Kier molecular flexibility index (Phi) is 6.18. The van der Waals surface area contributed by atoms with Gasteiger partial charge < -0.3 is 14.8 Å². The quantitative estimate of drug-likeness (QED) is 0.664. The van der Waals surface area contributed by atoms with E-state index in [1.807, 2.05) is 18.2 Å². The molecule has 0 aliphatic rings. The fourth-order valence-electron chi connectivity index (χ4n) is 1.90. The lowest BCUT2D eigenvalue weighted by atomic mass is 10.00. The van der Waals surface area contributed by atoms with Gasteiger partial charge in [0, 0.05) is 0 Å². The molecule has 0 fully saturated rings. The first kappa shape index (κ1) is 19.7. The monoisotopic (exact) mass is 333 g/mol. The molecule has 0 radical (unpaired) electrons. The first-order valence-electron chi connectivity index (χ1n) is 7.86. The van der Waals surface area contributed by atoms with Crippen LogP contribution in [0, 0.1) is 0 Å². The van der Waals surface area contributed by atoms with Gasteiger partial charge >= 0.3 is 12.1 Å². The maximum Gasteiger partial charge on any atom is 0.408 e. The number of nitrogens with one attached hydrogen (secondary N) is 1. The molecule has 0 unspecified atom stereocenters. The van der Waals surface area contributed by atoms with Crippen LogP contribution in [-0.4, -0.2) is 23.3 Å². The van der Waals surface area contributed by atoms with Gasteiger partial charge in [-0.15, -0.1) is 0 Å². The molecule has 5 heteroatoms. The lowest BCUT2D eigenvalue weighted by Gasteiger charge is -2.26. The zero-order chi connectivity index (χ0) is 18.5. The van der Waals surface area contributed by atoms with Crippen LogP contribution in [0.4, 0.5) is 4.79 Å². The van der Waals surface area contributed by atoms with Crippen molar-refractivity contribution in [3.05, 3.63) is 48.0 Å². The highest BCUT2D eigenvalue weighted by molar-refractivity contribution is 5.90. The van der Waals surface area contributed by atoms with Gasteiger partial charge in [0.25, 0.3) is 0 Å². The normalized spacial score (nSPS) is 12.9. The van der Waals surface area contributed by atoms with Crippen molar-refractivity contribution in [1.82, 2.24) is 5.32 Å². The second kappa shape index (κ2) is 7.51. The van der Waals surface area contributed by atoms with Crippen LogP contribution in [0.2, 0.25) is 0 Å². The van der Waals surface area contributed by atoms with Crippen LogP contribution in [0.1, 0.15) is 53.1 Å². The van der Waals surface area contributed by atoms with Crippen molar-refractivity contribution in [2.24, 2.45) is 0 Å². The maximum absolute atomic E-state index is 12.3. The number of rotatable bonds is 4. The second-order valence-corrected chi connectivity index (χ2v) is 7.52. The molecule has 1 amide bonds. The van der Waals surface area contributed by atoms with Crippen molar-refractivity contribution in [3.8, 4) is 0 Å². The predicted octanol–water partition coefficient (Wildman–Crippen LogP) is 4.15. The Bertz CT molecular complexity index is 594. The Balaban J connectivity index is 3.00. The van der Waals surface area contributed by atoms with Crippen LogP contribution in [0.5, 0.6) is 0 Å². The number of amides is 1. The summed E-state index contributed by atoms with van der Waals surface area (Å²) >= 11 is 0. The van der Waals surface area contributed by atoms with E-state index in [1.54, 1.807) is 53.7 Å². The number of hydrogen-bond donors (Lipinski definition) is 1.